The van der Waals surface area contributed by atoms with Gasteiger partial charge in [0.1, 0.15) is 11.5 Å². The summed E-state index contributed by atoms with van der Waals surface area (Å²) in [6.45, 7) is 1.98. The molecule has 2 amide bonds. The summed E-state index contributed by atoms with van der Waals surface area (Å²) in [5, 5.41) is 5.54. The lowest BCUT2D eigenvalue weighted by molar-refractivity contribution is -0.116. The van der Waals surface area contributed by atoms with Gasteiger partial charge in [0.2, 0.25) is 0 Å². The van der Waals surface area contributed by atoms with Gasteiger partial charge in [-0.25, -0.2) is 4.79 Å². The third-order valence-electron chi connectivity index (χ3n) is 3.28. The first kappa shape index (κ1) is 16.5. The van der Waals surface area contributed by atoms with Crippen molar-refractivity contribution in [3.8, 4) is 5.75 Å². The molecule has 0 bridgehead atoms. The number of amides is 2. The van der Waals surface area contributed by atoms with Gasteiger partial charge in [-0.15, -0.1) is 0 Å². The van der Waals surface area contributed by atoms with Crippen LogP contribution in [0.4, 0.5) is 10.5 Å². The highest BCUT2D eigenvalue weighted by molar-refractivity contribution is 5.89. The predicted octanol–water partition coefficient (Wildman–Crippen LogP) is 3.15. The number of methoxy groups -OCH3 is 1. The van der Waals surface area contributed by atoms with E-state index >= 15 is 0 Å². The first-order valence-electron chi connectivity index (χ1n) is 7.33. The van der Waals surface area contributed by atoms with Crippen molar-refractivity contribution in [1.29, 1.82) is 0 Å². The van der Waals surface area contributed by atoms with Crippen molar-refractivity contribution in [2.24, 2.45) is 0 Å². The van der Waals surface area contributed by atoms with Crippen molar-refractivity contribution < 1.29 is 14.3 Å². The summed E-state index contributed by atoms with van der Waals surface area (Å²) in [4.78, 5) is 22.9. The van der Waals surface area contributed by atoms with Gasteiger partial charge in [0, 0.05) is 18.7 Å². The summed E-state index contributed by atoms with van der Waals surface area (Å²) in [6, 6.07) is 14.5. The van der Waals surface area contributed by atoms with Crippen LogP contribution in [0.5, 0.6) is 5.75 Å². The largest absolute Gasteiger partial charge is 0.497 e. The Balaban J connectivity index is 1.82. The number of nitrogens with one attached hydrogen (secondary N) is 2. The van der Waals surface area contributed by atoms with Crippen LogP contribution in [0, 0.1) is 0 Å². The molecule has 0 aliphatic heterocycles. The first-order valence-corrected chi connectivity index (χ1v) is 7.33. The van der Waals surface area contributed by atoms with Crippen LogP contribution >= 0.6 is 0 Å². The van der Waals surface area contributed by atoms with Gasteiger partial charge in [0.05, 0.1) is 7.11 Å². The molecule has 0 fully saturated rings. The number of ether oxygens (including phenoxy) is 1. The molecule has 2 aromatic carbocycles. The molecule has 2 rings (SSSR count). The number of urea groups is 1. The molecule has 0 aromatic heterocycles. The van der Waals surface area contributed by atoms with Crippen LogP contribution in [0.15, 0.2) is 48.5 Å². The van der Waals surface area contributed by atoms with Crippen molar-refractivity contribution >= 4 is 17.5 Å². The highest BCUT2D eigenvalue weighted by Crippen LogP contribution is 2.12. The van der Waals surface area contributed by atoms with Gasteiger partial charge in [-0.3, -0.25) is 4.79 Å². The highest BCUT2D eigenvalue weighted by Gasteiger charge is 2.03. The summed E-state index contributed by atoms with van der Waals surface area (Å²) >= 11 is 0. The van der Waals surface area contributed by atoms with Crippen LogP contribution in [0.1, 0.15) is 18.1 Å². The molecule has 0 atom stereocenters. The highest BCUT2D eigenvalue weighted by atomic mass is 16.5. The number of carbonyl (C=O) groups excluding carboxylic acids is 2. The number of anilines is 1. The van der Waals surface area contributed by atoms with Crippen LogP contribution in [-0.4, -0.2) is 18.9 Å². The molecule has 0 saturated heterocycles. The van der Waals surface area contributed by atoms with E-state index in [2.05, 4.69) is 10.6 Å². The van der Waals surface area contributed by atoms with Crippen molar-refractivity contribution in [2.75, 3.05) is 12.4 Å². The normalized spacial score (nSPS) is 10.0. The van der Waals surface area contributed by atoms with E-state index in [1.165, 1.54) is 0 Å². The molecule has 2 aromatic rings. The maximum absolute atomic E-state index is 11.9. The second-order valence-corrected chi connectivity index (χ2v) is 5.23. The minimum Gasteiger partial charge on any atom is -0.497 e. The van der Waals surface area contributed by atoms with Crippen molar-refractivity contribution in [3.05, 3.63) is 59.7 Å². The average molecular weight is 312 g/mol. The Morgan fingerprint density at radius 2 is 1.57 bits per heavy atom. The third-order valence-corrected chi connectivity index (χ3v) is 3.28. The van der Waals surface area contributed by atoms with E-state index in [0.717, 1.165) is 16.9 Å². The fourth-order valence-corrected chi connectivity index (χ4v) is 2.09. The number of benzene rings is 2. The van der Waals surface area contributed by atoms with Crippen LogP contribution in [-0.2, 0) is 17.8 Å². The summed E-state index contributed by atoms with van der Waals surface area (Å²) in [5.74, 6) is 0.895. The lowest BCUT2D eigenvalue weighted by Gasteiger charge is -2.09. The Kier molecular flexibility index (Phi) is 5.74. The topological polar surface area (TPSA) is 67.4 Å². The number of hydrogen-bond donors (Lipinski definition) is 2. The lowest BCUT2D eigenvalue weighted by atomic mass is 10.1. The Morgan fingerprint density at radius 3 is 2.13 bits per heavy atom. The fourth-order valence-electron chi connectivity index (χ4n) is 2.09. The van der Waals surface area contributed by atoms with Crippen molar-refractivity contribution in [3.63, 3.8) is 0 Å². The molecule has 0 heterocycles. The van der Waals surface area contributed by atoms with Crippen LogP contribution in [0.3, 0.4) is 0 Å². The zero-order valence-electron chi connectivity index (χ0n) is 13.3. The second-order valence-electron chi connectivity index (χ2n) is 5.23. The Labute approximate surface area is 135 Å². The maximum Gasteiger partial charge on any atom is 0.319 e. The number of Topliss-reactive ketones (excluding diaryl/α,β-unsaturated/α-hetero) is 1. The molecule has 120 valence electrons. The molecule has 23 heavy (non-hydrogen) atoms. The molecule has 0 saturated carbocycles. The summed E-state index contributed by atoms with van der Waals surface area (Å²) in [6.07, 6.45) is 0.407. The number of hydrogen-bond acceptors (Lipinski definition) is 3. The van der Waals surface area contributed by atoms with E-state index in [1.807, 2.05) is 36.4 Å². The van der Waals surface area contributed by atoms with E-state index in [9.17, 15) is 9.59 Å². The minimum atomic E-state index is -0.278. The Hall–Kier alpha value is -2.82. The molecule has 2 N–H and O–H groups in total. The summed E-state index contributed by atoms with van der Waals surface area (Å²) < 4.78 is 5.09. The van der Waals surface area contributed by atoms with Crippen LogP contribution in [0.2, 0.25) is 0 Å². The smallest absolute Gasteiger partial charge is 0.319 e. The van der Waals surface area contributed by atoms with Gasteiger partial charge >= 0.3 is 6.03 Å². The molecule has 5 nitrogen and oxygen atoms in total. The first-order chi connectivity index (χ1) is 11.1. The van der Waals surface area contributed by atoms with Gasteiger partial charge in [0.15, 0.2) is 0 Å². The molecule has 0 radical (unpaired) electrons. The third kappa shape index (κ3) is 5.47. The molecule has 0 spiro atoms. The fraction of sp³-hybridized carbons (Fsp3) is 0.222. The van der Waals surface area contributed by atoms with E-state index < -0.39 is 0 Å². The summed E-state index contributed by atoms with van der Waals surface area (Å²) in [5.41, 5.74) is 2.60. The van der Waals surface area contributed by atoms with Gasteiger partial charge in [0.25, 0.3) is 0 Å². The molecule has 5 heteroatoms. The SMILES string of the molecule is COc1ccc(CNC(=O)Nc2ccc(CC(C)=O)cc2)cc1. The van der Waals surface area contributed by atoms with E-state index in [0.29, 0.717) is 18.7 Å². The monoisotopic (exact) mass is 312 g/mol. The molecule has 0 aliphatic carbocycles. The minimum absolute atomic E-state index is 0.114. The average Bonchev–Trinajstić information content (AvgIpc) is 2.55. The summed E-state index contributed by atoms with van der Waals surface area (Å²) in [7, 11) is 1.61. The second kappa shape index (κ2) is 7.98. The van der Waals surface area contributed by atoms with Gasteiger partial charge < -0.3 is 15.4 Å². The predicted molar refractivity (Wildman–Crippen MR) is 89.7 cm³/mol. The van der Waals surface area contributed by atoms with Crippen molar-refractivity contribution in [2.45, 2.75) is 19.9 Å². The molecular weight excluding hydrogens is 292 g/mol. The van der Waals surface area contributed by atoms with Gasteiger partial charge in [-0.1, -0.05) is 24.3 Å². The van der Waals surface area contributed by atoms with Gasteiger partial charge in [-0.2, -0.15) is 0 Å². The Bertz CT molecular complexity index is 664. The quantitative estimate of drug-likeness (QED) is 0.861. The van der Waals surface area contributed by atoms with Crippen LogP contribution in [0.25, 0.3) is 0 Å². The maximum atomic E-state index is 11.9. The van der Waals surface area contributed by atoms with E-state index in [1.54, 1.807) is 26.2 Å². The van der Waals surface area contributed by atoms with Crippen molar-refractivity contribution in [1.82, 2.24) is 5.32 Å². The van der Waals surface area contributed by atoms with E-state index in [-0.39, 0.29) is 11.8 Å². The zero-order chi connectivity index (χ0) is 16.7. The molecular formula is C18H20N2O3. The van der Waals surface area contributed by atoms with E-state index in [4.69, 9.17) is 4.74 Å². The molecule has 0 unspecified atom stereocenters. The van der Waals surface area contributed by atoms with Crippen LogP contribution < -0.4 is 15.4 Å². The zero-order valence-corrected chi connectivity index (χ0v) is 13.3. The Morgan fingerprint density at radius 1 is 0.957 bits per heavy atom. The standard InChI is InChI=1S/C18H20N2O3/c1-13(21)11-14-3-7-16(8-4-14)20-18(22)19-12-15-5-9-17(23-2)10-6-15/h3-10H,11-12H2,1-2H3,(H2,19,20,22). The lowest BCUT2D eigenvalue weighted by Crippen LogP contribution is -2.28. The number of ketones is 1. The number of rotatable bonds is 6. The number of carbonyl (C=O) groups is 2. The molecule has 0 aliphatic rings. The van der Waals surface area contributed by atoms with Gasteiger partial charge in [-0.05, 0) is 42.3 Å².